The fourth-order valence-corrected chi connectivity index (χ4v) is 3.85. The SMILES string of the molecule is COC(=O)CC[C@@H]1N=C(c2ccccc2F)c2cc(Cl)ccc2N(C(=N)C2CC2)C1=N. The second-order valence-electron chi connectivity index (χ2n) is 7.63. The molecule has 1 aliphatic carbocycles. The second-order valence-corrected chi connectivity index (χ2v) is 8.07. The smallest absolute Gasteiger partial charge is 0.305 e. The Morgan fingerprint density at radius 2 is 2.00 bits per heavy atom. The second kappa shape index (κ2) is 8.59. The Balaban J connectivity index is 1.89. The molecule has 1 atom stereocenters. The molecule has 1 saturated carbocycles. The van der Waals surface area contributed by atoms with Crippen LogP contribution in [0.4, 0.5) is 10.1 Å². The molecule has 0 unspecified atom stereocenters. The van der Waals surface area contributed by atoms with E-state index in [0.29, 0.717) is 27.8 Å². The van der Waals surface area contributed by atoms with Crippen molar-refractivity contribution in [2.75, 3.05) is 12.0 Å². The highest BCUT2D eigenvalue weighted by molar-refractivity contribution is 6.33. The van der Waals surface area contributed by atoms with Crippen LogP contribution in [0.5, 0.6) is 0 Å². The predicted octanol–water partition coefficient (Wildman–Crippen LogP) is 4.82. The Bertz CT molecular complexity index is 1100. The van der Waals surface area contributed by atoms with Crippen molar-refractivity contribution >= 4 is 40.6 Å². The first-order chi connectivity index (χ1) is 14.9. The molecule has 1 aliphatic heterocycles. The van der Waals surface area contributed by atoms with Gasteiger partial charge in [0.15, 0.2) is 0 Å². The summed E-state index contributed by atoms with van der Waals surface area (Å²) in [5.41, 5.74) is 1.74. The molecule has 2 aromatic rings. The number of nitrogens with zero attached hydrogens (tertiary/aromatic N) is 2. The molecule has 0 spiro atoms. The highest BCUT2D eigenvalue weighted by Crippen LogP contribution is 2.38. The maximum Gasteiger partial charge on any atom is 0.305 e. The van der Waals surface area contributed by atoms with E-state index < -0.39 is 17.8 Å². The first kappa shape index (κ1) is 21.2. The van der Waals surface area contributed by atoms with Gasteiger partial charge >= 0.3 is 5.97 Å². The third kappa shape index (κ3) is 4.23. The minimum atomic E-state index is -0.751. The largest absolute Gasteiger partial charge is 0.469 e. The summed E-state index contributed by atoms with van der Waals surface area (Å²) in [6.07, 6.45) is 2.04. The molecule has 8 heteroatoms. The van der Waals surface area contributed by atoms with Gasteiger partial charge in [0.05, 0.1) is 18.5 Å². The summed E-state index contributed by atoms with van der Waals surface area (Å²) in [7, 11) is 1.31. The zero-order valence-corrected chi connectivity index (χ0v) is 17.7. The van der Waals surface area contributed by atoms with E-state index in [1.165, 1.54) is 13.2 Å². The van der Waals surface area contributed by atoms with Crippen LogP contribution in [0.2, 0.25) is 5.02 Å². The number of carbonyl (C=O) groups excluding carboxylic acids is 1. The third-order valence-electron chi connectivity index (χ3n) is 5.48. The number of benzene rings is 2. The van der Waals surface area contributed by atoms with Crippen molar-refractivity contribution in [3.8, 4) is 0 Å². The molecule has 160 valence electrons. The van der Waals surface area contributed by atoms with Gasteiger partial charge in [-0.05, 0) is 49.6 Å². The molecule has 1 heterocycles. The van der Waals surface area contributed by atoms with Crippen LogP contribution in [0, 0.1) is 22.6 Å². The van der Waals surface area contributed by atoms with E-state index in [2.05, 4.69) is 0 Å². The van der Waals surface area contributed by atoms with Crippen LogP contribution in [0.15, 0.2) is 47.5 Å². The summed E-state index contributed by atoms with van der Waals surface area (Å²) < 4.78 is 19.5. The Kier molecular flexibility index (Phi) is 5.87. The average Bonchev–Trinajstić information content (AvgIpc) is 3.61. The van der Waals surface area contributed by atoms with Crippen molar-refractivity contribution in [1.29, 1.82) is 10.8 Å². The molecule has 4 rings (SSSR count). The molecule has 0 radical (unpaired) electrons. The summed E-state index contributed by atoms with van der Waals surface area (Å²) in [6.45, 7) is 0. The van der Waals surface area contributed by atoms with Crippen molar-refractivity contribution in [3.05, 3.63) is 64.4 Å². The van der Waals surface area contributed by atoms with Gasteiger partial charge in [-0.3, -0.25) is 25.5 Å². The number of nitrogens with one attached hydrogen (secondary N) is 2. The van der Waals surface area contributed by atoms with Crippen LogP contribution in [-0.4, -0.2) is 36.5 Å². The molecule has 0 bridgehead atoms. The van der Waals surface area contributed by atoms with Gasteiger partial charge in [0.2, 0.25) is 0 Å². The molecule has 1 fully saturated rings. The minimum absolute atomic E-state index is 0.0549. The Labute approximate surface area is 184 Å². The third-order valence-corrected chi connectivity index (χ3v) is 5.71. The number of rotatable bonds is 5. The van der Waals surface area contributed by atoms with E-state index in [0.717, 1.165) is 12.8 Å². The molecule has 6 nitrogen and oxygen atoms in total. The van der Waals surface area contributed by atoms with E-state index >= 15 is 0 Å². The van der Waals surface area contributed by atoms with Gasteiger partial charge in [-0.2, -0.15) is 0 Å². The number of anilines is 1. The number of halogens is 2. The Morgan fingerprint density at radius 1 is 1.26 bits per heavy atom. The topological polar surface area (TPSA) is 89.6 Å². The zero-order chi connectivity index (χ0) is 22.1. The Morgan fingerprint density at radius 3 is 2.68 bits per heavy atom. The van der Waals surface area contributed by atoms with Crippen molar-refractivity contribution in [2.24, 2.45) is 10.9 Å². The van der Waals surface area contributed by atoms with Crippen molar-refractivity contribution in [2.45, 2.75) is 31.7 Å². The number of aliphatic imine (C=N–C) groups is 1. The van der Waals surface area contributed by atoms with Crippen molar-refractivity contribution in [1.82, 2.24) is 0 Å². The summed E-state index contributed by atoms with van der Waals surface area (Å²) in [5.74, 6) is -0.405. The number of fused-ring (bicyclic) bond motifs is 1. The predicted molar refractivity (Wildman–Crippen MR) is 119 cm³/mol. The van der Waals surface area contributed by atoms with Gasteiger partial charge in [-0.1, -0.05) is 23.7 Å². The number of methoxy groups -OCH3 is 1. The monoisotopic (exact) mass is 440 g/mol. The van der Waals surface area contributed by atoms with Crippen molar-refractivity contribution in [3.63, 3.8) is 0 Å². The van der Waals surface area contributed by atoms with E-state index in [9.17, 15) is 9.18 Å². The summed E-state index contributed by atoms with van der Waals surface area (Å²) in [4.78, 5) is 18.1. The highest BCUT2D eigenvalue weighted by Gasteiger charge is 2.38. The number of esters is 1. The van der Waals surface area contributed by atoms with Gasteiger partial charge in [0.1, 0.15) is 23.5 Å². The van der Waals surface area contributed by atoms with Crippen LogP contribution in [-0.2, 0) is 9.53 Å². The van der Waals surface area contributed by atoms with E-state index in [1.54, 1.807) is 41.3 Å². The molecule has 31 heavy (non-hydrogen) atoms. The Hall–Kier alpha value is -3.06. The number of amidine groups is 2. The lowest BCUT2D eigenvalue weighted by atomic mass is 9.99. The average molecular weight is 441 g/mol. The lowest BCUT2D eigenvalue weighted by Crippen LogP contribution is -2.42. The normalized spacial score (nSPS) is 18.2. The number of carbonyl (C=O) groups is 1. The van der Waals surface area contributed by atoms with Crippen LogP contribution < -0.4 is 4.90 Å². The van der Waals surface area contributed by atoms with Gasteiger partial charge in [-0.25, -0.2) is 4.39 Å². The standard InChI is InChI=1S/C23H22ClFN4O2/c1-31-20(30)11-9-18-23(27)29(22(26)13-6-7-13)19-10-8-14(24)12-16(19)21(28-18)15-4-2-3-5-17(15)25/h2-5,8,10,12-13,18,26-27H,6-7,9,11H2,1H3/t18-/m0/s1. The quantitative estimate of drug-likeness (QED) is 0.396. The van der Waals surface area contributed by atoms with E-state index in [4.69, 9.17) is 32.1 Å². The van der Waals surface area contributed by atoms with Crippen LogP contribution in [0.3, 0.4) is 0 Å². The highest BCUT2D eigenvalue weighted by atomic mass is 35.5. The number of hydrogen-bond acceptors (Lipinski definition) is 5. The first-order valence-corrected chi connectivity index (χ1v) is 10.4. The fraction of sp³-hybridized carbons (Fsp3) is 0.304. The van der Waals surface area contributed by atoms with Gasteiger partial charge in [0, 0.05) is 28.5 Å². The number of benzodiazepines with no additional fused rings is 1. The lowest BCUT2D eigenvalue weighted by molar-refractivity contribution is -0.140. The molecule has 0 saturated heterocycles. The molecule has 2 aromatic carbocycles. The van der Waals surface area contributed by atoms with Crippen LogP contribution >= 0.6 is 11.6 Å². The molecular weight excluding hydrogens is 419 g/mol. The molecule has 2 aliphatic rings. The molecule has 0 aromatic heterocycles. The summed E-state index contributed by atoms with van der Waals surface area (Å²) in [6, 6.07) is 10.7. The van der Waals surface area contributed by atoms with Gasteiger partial charge in [-0.15, -0.1) is 0 Å². The van der Waals surface area contributed by atoms with Crippen molar-refractivity contribution < 1.29 is 13.9 Å². The first-order valence-electron chi connectivity index (χ1n) is 10.1. The maximum absolute atomic E-state index is 14.8. The minimum Gasteiger partial charge on any atom is -0.469 e. The number of hydrogen-bond donors (Lipinski definition) is 2. The summed E-state index contributed by atoms with van der Waals surface area (Å²) >= 11 is 6.28. The fourth-order valence-electron chi connectivity index (χ4n) is 3.68. The zero-order valence-electron chi connectivity index (χ0n) is 17.0. The lowest BCUT2D eigenvalue weighted by Gasteiger charge is -2.28. The summed E-state index contributed by atoms with van der Waals surface area (Å²) in [5, 5.41) is 18.0. The van der Waals surface area contributed by atoms with Gasteiger partial charge < -0.3 is 4.74 Å². The molecule has 2 N–H and O–H groups in total. The maximum atomic E-state index is 14.8. The molecule has 0 amide bonds. The number of ether oxygens (including phenoxy) is 1. The van der Waals surface area contributed by atoms with E-state index in [1.807, 2.05) is 0 Å². The molecular formula is C23H22ClFN4O2. The van der Waals surface area contributed by atoms with Crippen LogP contribution in [0.25, 0.3) is 0 Å². The van der Waals surface area contributed by atoms with Crippen LogP contribution in [0.1, 0.15) is 36.8 Å². The van der Waals surface area contributed by atoms with Gasteiger partial charge in [0.25, 0.3) is 0 Å². The van der Waals surface area contributed by atoms with E-state index in [-0.39, 0.29) is 30.2 Å².